The van der Waals surface area contributed by atoms with E-state index in [0.29, 0.717) is 29.8 Å². The number of nitro groups is 1. The van der Waals surface area contributed by atoms with Crippen molar-refractivity contribution in [2.45, 2.75) is 17.7 Å². The first-order chi connectivity index (χ1) is 13.3. The Morgan fingerprint density at radius 3 is 1.96 bits per heavy atom. The van der Waals surface area contributed by atoms with Gasteiger partial charge in [-0.25, -0.2) is 8.42 Å². The SMILES string of the molecule is NC(=O)C=C(c1ccc([N+](=O)[O-])cc1)c1ccc(S(=O)(=O)N2CCCC2)cc1. The van der Waals surface area contributed by atoms with E-state index in [4.69, 9.17) is 5.73 Å². The third-order valence-corrected chi connectivity index (χ3v) is 6.46. The lowest BCUT2D eigenvalue weighted by molar-refractivity contribution is -0.384. The molecule has 0 unspecified atom stereocenters. The largest absolute Gasteiger partial charge is 0.366 e. The van der Waals surface area contributed by atoms with Crippen molar-refractivity contribution in [3.05, 3.63) is 75.8 Å². The van der Waals surface area contributed by atoms with E-state index in [0.717, 1.165) is 12.8 Å². The molecule has 0 bridgehead atoms. The van der Waals surface area contributed by atoms with Crippen LogP contribution < -0.4 is 5.73 Å². The quantitative estimate of drug-likeness (QED) is 0.452. The molecule has 0 spiro atoms. The highest BCUT2D eigenvalue weighted by molar-refractivity contribution is 7.89. The molecule has 0 saturated carbocycles. The number of nitro benzene ring substituents is 1. The number of amides is 1. The highest BCUT2D eigenvalue weighted by Crippen LogP contribution is 2.27. The van der Waals surface area contributed by atoms with Gasteiger partial charge in [0.1, 0.15) is 0 Å². The summed E-state index contributed by atoms with van der Waals surface area (Å²) in [6.07, 6.45) is 2.91. The second-order valence-corrected chi connectivity index (χ2v) is 8.34. The number of primary amides is 1. The van der Waals surface area contributed by atoms with Crippen LogP contribution in [0, 0.1) is 10.1 Å². The average molecular weight is 401 g/mol. The number of rotatable bonds is 6. The maximum Gasteiger partial charge on any atom is 0.269 e. The predicted molar refractivity (Wildman–Crippen MR) is 104 cm³/mol. The third-order valence-electron chi connectivity index (χ3n) is 4.54. The van der Waals surface area contributed by atoms with Crippen LogP contribution in [0.25, 0.3) is 5.57 Å². The molecule has 0 radical (unpaired) electrons. The van der Waals surface area contributed by atoms with Gasteiger partial charge in [-0.3, -0.25) is 14.9 Å². The van der Waals surface area contributed by atoms with Crippen molar-refractivity contribution >= 4 is 27.2 Å². The minimum absolute atomic E-state index is 0.0748. The molecule has 2 aromatic carbocycles. The van der Waals surface area contributed by atoms with E-state index in [1.165, 1.54) is 46.8 Å². The molecule has 0 aliphatic carbocycles. The number of nitrogens with two attached hydrogens (primary N) is 1. The summed E-state index contributed by atoms with van der Waals surface area (Å²) >= 11 is 0. The standard InChI is InChI=1S/C19H19N3O5S/c20-19(23)13-18(14-3-7-16(8-4-14)22(24)25)15-5-9-17(10-6-15)28(26,27)21-11-1-2-12-21/h3-10,13H,1-2,11-12H2,(H2,20,23). The number of hydrogen-bond donors (Lipinski definition) is 1. The Hall–Kier alpha value is -3.04. The van der Waals surface area contributed by atoms with E-state index in [1.54, 1.807) is 12.1 Å². The Morgan fingerprint density at radius 2 is 1.50 bits per heavy atom. The zero-order valence-electron chi connectivity index (χ0n) is 14.9. The van der Waals surface area contributed by atoms with Crippen molar-refractivity contribution in [1.29, 1.82) is 0 Å². The monoisotopic (exact) mass is 401 g/mol. The maximum atomic E-state index is 12.6. The summed E-state index contributed by atoms with van der Waals surface area (Å²) in [5.74, 6) is -0.679. The topological polar surface area (TPSA) is 124 Å². The number of nitrogens with zero attached hydrogens (tertiary/aromatic N) is 2. The molecule has 2 N–H and O–H groups in total. The van der Waals surface area contributed by atoms with Gasteiger partial charge in [-0.2, -0.15) is 4.31 Å². The van der Waals surface area contributed by atoms with Crippen LogP contribution >= 0.6 is 0 Å². The van der Waals surface area contributed by atoms with Crippen molar-refractivity contribution < 1.29 is 18.1 Å². The number of carbonyl (C=O) groups is 1. The Morgan fingerprint density at radius 1 is 1.00 bits per heavy atom. The minimum Gasteiger partial charge on any atom is -0.366 e. The molecule has 1 heterocycles. The van der Waals surface area contributed by atoms with Crippen molar-refractivity contribution in [2.75, 3.05) is 13.1 Å². The van der Waals surface area contributed by atoms with Crippen molar-refractivity contribution in [2.24, 2.45) is 5.73 Å². The molecule has 8 nitrogen and oxygen atoms in total. The smallest absolute Gasteiger partial charge is 0.269 e. The fourth-order valence-corrected chi connectivity index (χ4v) is 4.64. The van der Waals surface area contributed by atoms with Gasteiger partial charge in [0.25, 0.3) is 5.69 Å². The summed E-state index contributed by atoms with van der Waals surface area (Å²) in [6.45, 7) is 1.03. The summed E-state index contributed by atoms with van der Waals surface area (Å²) in [5.41, 5.74) is 6.81. The third kappa shape index (κ3) is 4.10. The number of non-ortho nitro benzene ring substituents is 1. The molecule has 0 atom stereocenters. The normalized spacial score (nSPS) is 15.5. The Bertz CT molecular complexity index is 1020. The Labute approximate surface area is 162 Å². The van der Waals surface area contributed by atoms with Crippen LogP contribution in [0.5, 0.6) is 0 Å². The fraction of sp³-hybridized carbons (Fsp3) is 0.211. The molecular weight excluding hydrogens is 382 g/mol. The van der Waals surface area contributed by atoms with Crippen LogP contribution in [0.3, 0.4) is 0 Å². The first-order valence-electron chi connectivity index (χ1n) is 8.65. The van der Waals surface area contributed by atoms with Crippen molar-refractivity contribution in [3.8, 4) is 0 Å². The lowest BCUT2D eigenvalue weighted by Gasteiger charge is -2.16. The summed E-state index contributed by atoms with van der Waals surface area (Å²) in [7, 11) is -3.54. The van der Waals surface area contributed by atoms with Crippen LogP contribution in [0.2, 0.25) is 0 Å². The van der Waals surface area contributed by atoms with Gasteiger partial charge in [0, 0.05) is 31.3 Å². The molecule has 1 fully saturated rings. The van der Waals surface area contributed by atoms with E-state index >= 15 is 0 Å². The van der Waals surface area contributed by atoms with Crippen LogP contribution in [0.4, 0.5) is 5.69 Å². The number of sulfonamides is 1. The first kappa shape index (κ1) is 19.7. The van der Waals surface area contributed by atoms with Gasteiger partial charge >= 0.3 is 0 Å². The zero-order valence-corrected chi connectivity index (χ0v) is 15.8. The van der Waals surface area contributed by atoms with Crippen molar-refractivity contribution in [3.63, 3.8) is 0 Å². The second kappa shape index (κ2) is 7.91. The van der Waals surface area contributed by atoms with Gasteiger partial charge in [-0.15, -0.1) is 0 Å². The highest BCUT2D eigenvalue weighted by atomic mass is 32.2. The minimum atomic E-state index is -3.54. The van der Waals surface area contributed by atoms with E-state index in [2.05, 4.69) is 0 Å². The molecule has 1 aliphatic heterocycles. The van der Waals surface area contributed by atoms with Gasteiger partial charge < -0.3 is 5.73 Å². The van der Waals surface area contributed by atoms with Crippen molar-refractivity contribution in [1.82, 2.24) is 4.31 Å². The van der Waals surface area contributed by atoms with Crippen LogP contribution in [-0.2, 0) is 14.8 Å². The van der Waals surface area contributed by atoms with Gasteiger partial charge in [-0.05, 0) is 53.8 Å². The molecule has 1 aliphatic rings. The summed E-state index contributed by atoms with van der Waals surface area (Å²) < 4.78 is 26.7. The lowest BCUT2D eigenvalue weighted by Crippen LogP contribution is -2.27. The molecule has 9 heteroatoms. The van der Waals surface area contributed by atoms with Gasteiger partial charge in [0.05, 0.1) is 9.82 Å². The number of hydrogen-bond acceptors (Lipinski definition) is 5. The molecule has 146 valence electrons. The summed E-state index contributed by atoms with van der Waals surface area (Å²) in [4.78, 5) is 22.0. The van der Waals surface area contributed by atoms with Crippen LogP contribution in [0.15, 0.2) is 59.5 Å². The molecule has 1 saturated heterocycles. The second-order valence-electron chi connectivity index (χ2n) is 6.40. The van der Waals surface area contributed by atoms with E-state index in [1.807, 2.05) is 0 Å². The number of carbonyl (C=O) groups excluding carboxylic acids is 1. The molecule has 0 aromatic heterocycles. The van der Waals surface area contributed by atoms with Gasteiger partial charge in [0.2, 0.25) is 15.9 Å². The number of benzene rings is 2. The molecule has 3 rings (SSSR count). The van der Waals surface area contributed by atoms with E-state index < -0.39 is 20.9 Å². The maximum absolute atomic E-state index is 12.6. The summed E-state index contributed by atoms with van der Waals surface area (Å²) in [5, 5.41) is 10.8. The molecule has 1 amide bonds. The summed E-state index contributed by atoms with van der Waals surface area (Å²) in [6, 6.07) is 11.9. The van der Waals surface area contributed by atoms with Crippen LogP contribution in [0.1, 0.15) is 24.0 Å². The fourth-order valence-electron chi connectivity index (χ4n) is 3.12. The van der Waals surface area contributed by atoms with Crippen LogP contribution in [-0.4, -0.2) is 36.6 Å². The van der Waals surface area contributed by atoms with E-state index in [9.17, 15) is 23.3 Å². The predicted octanol–water partition coefficient (Wildman–Crippen LogP) is 2.30. The highest BCUT2D eigenvalue weighted by Gasteiger charge is 2.27. The van der Waals surface area contributed by atoms with E-state index in [-0.39, 0.29) is 10.6 Å². The average Bonchev–Trinajstić information content (AvgIpc) is 3.22. The Balaban J connectivity index is 1.96. The molecular formula is C19H19N3O5S. The Kier molecular flexibility index (Phi) is 5.57. The first-order valence-corrected chi connectivity index (χ1v) is 10.1. The zero-order chi connectivity index (χ0) is 20.3. The van der Waals surface area contributed by atoms with Gasteiger partial charge in [-0.1, -0.05) is 12.1 Å². The molecule has 28 heavy (non-hydrogen) atoms. The van der Waals surface area contributed by atoms with Gasteiger partial charge in [0.15, 0.2) is 0 Å². The lowest BCUT2D eigenvalue weighted by atomic mass is 9.97. The molecule has 2 aromatic rings.